The molecule has 3 aromatic rings. The van der Waals surface area contributed by atoms with E-state index in [-0.39, 0.29) is 18.2 Å². The molecule has 0 aliphatic rings. The molecule has 0 bridgehead atoms. The van der Waals surface area contributed by atoms with Crippen LogP contribution in [0.25, 0.3) is 11.5 Å². The number of hydrogen-bond donors (Lipinski definition) is 2. The first-order chi connectivity index (χ1) is 11.1. The normalized spacial score (nSPS) is 10.5. The van der Waals surface area contributed by atoms with Crippen molar-refractivity contribution in [2.45, 2.75) is 13.3 Å². The molecule has 0 unspecified atom stereocenters. The summed E-state index contributed by atoms with van der Waals surface area (Å²) in [5.41, 5.74) is 1.27. The number of aromatic nitrogens is 2. The van der Waals surface area contributed by atoms with Gasteiger partial charge in [-0.25, -0.2) is 9.97 Å². The molecule has 118 valence electrons. The Kier molecular flexibility index (Phi) is 4.49. The monoisotopic (exact) mass is 348 g/mol. The lowest BCUT2D eigenvalue weighted by molar-refractivity contribution is -0.116. The first kappa shape index (κ1) is 15.4. The van der Waals surface area contributed by atoms with Gasteiger partial charge in [-0.05, 0) is 12.1 Å². The fourth-order valence-electron chi connectivity index (χ4n) is 1.79. The number of thiazole rings is 2. The molecule has 2 amide bonds. The van der Waals surface area contributed by atoms with Crippen molar-refractivity contribution in [1.82, 2.24) is 9.97 Å². The van der Waals surface area contributed by atoms with E-state index in [1.54, 1.807) is 23.8 Å². The predicted octanol–water partition coefficient (Wildman–Crippen LogP) is 3.00. The zero-order chi connectivity index (χ0) is 16.2. The van der Waals surface area contributed by atoms with Gasteiger partial charge < -0.3 is 15.1 Å². The standard InChI is InChI=1S/C14H12N4O3S2/c1-8(19)15-13-16-9(6-22-13)5-12(20)18-14-17-10(7-23-14)11-3-2-4-21-11/h2-4,6-7H,5H2,1H3,(H,15,16,19)(H,17,18,20). The molecule has 0 saturated heterocycles. The van der Waals surface area contributed by atoms with Crippen LogP contribution < -0.4 is 10.6 Å². The second-order valence-electron chi connectivity index (χ2n) is 4.57. The van der Waals surface area contributed by atoms with E-state index in [9.17, 15) is 9.59 Å². The molecular weight excluding hydrogens is 336 g/mol. The van der Waals surface area contributed by atoms with Gasteiger partial charge in [-0.1, -0.05) is 0 Å². The SMILES string of the molecule is CC(=O)Nc1nc(CC(=O)Nc2nc(-c3ccco3)cs2)cs1. The topological polar surface area (TPSA) is 97.1 Å². The van der Waals surface area contributed by atoms with E-state index in [1.807, 2.05) is 5.38 Å². The highest BCUT2D eigenvalue weighted by molar-refractivity contribution is 7.14. The van der Waals surface area contributed by atoms with Gasteiger partial charge in [0.15, 0.2) is 16.0 Å². The Labute approximate surface area is 139 Å². The first-order valence-electron chi connectivity index (χ1n) is 6.61. The van der Waals surface area contributed by atoms with Crippen molar-refractivity contribution < 1.29 is 14.0 Å². The minimum Gasteiger partial charge on any atom is -0.463 e. The number of carbonyl (C=O) groups excluding carboxylic acids is 2. The van der Waals surface area contributed by atoms with Crippen LogP contribution in [0.3, 0.4) is 0 Å². The lowest BCUT2D eigenvalue weighted by Gasteiger charge is -1.99. The molecule has 0 aliphatic heterocycles. The highest BCUT2D eigenvalue weighted by Crippen LogP contribution is 2.25. The molecule has 23 heavy (non-hydrogen) atoms. The first-order valence-corrected chi connectivity index (χ1v) is 8.37. The van der Waals surface area contributed by atoms with Crippen molar-refractivity contribution in [2.75, 3.05) is 10.6 Å². The maximum atomic E-state index is 12.0. The minimum absolute atomic E-state index is 0.117. The predicted molar refractivity (Wildman–Crippen MR) is 88.6 cm³/mol. The second-order valence-corrected chi connectivity index (χ2v) is 6.28. The van der Waals surface area contributed by atoms with Gasteiger partial charge >= 0.3 is 0 Å². The highest BCUT2D eigenvalue weighted by atomic mass is 32.1. The Morgan fingerprint density at radius 1 is 1.17 bits per heavy atom. The summed E-state index contributed by atoms with van der Waals surface area (Å²) in [6, 6.07) is 3.58. The summed E-state index contributed by atoms with van der Waals surface area (Å²) < 4.78 is 5.26. The van der Waals surface area contributed by atoms with Gasteiger partial charge in [0.05, 0.1) is 18.4 Å². The smallest absolute Gasteiger partial charge is 0.232 e. The summed E-state index contributed by atoms with van der Waals surface area (Å²) in [7, 11) is 0. The van der Waals surface area contributed by atoms with Gasteiger partial charge in [0.1, 0.15) is 5.69 Å². The molecule has 2 N–H and O–H groups in total. The lowest BCUT2D eigenvalue weighted by atomic mass is 10.3. The number of carbonyl (C=O) groups is 2. The van der Waals surface area contributed by atoms with Crippen LogP contribution in [-0.4, -0.2) is 21.8 Å². The third-order valence-electron chi connectivity index (χ3n) is 2.70. The molecular formula is C14H12N4O3S2. The minimum atomic E-state index is -0.218. The molecule has 0 aliphatic carbocycles. The van der Waals surface area contributed by atoms with Crippen LogP contribution in [0.1, 0.15) is 12.6 Å². The highest BCUT2D eigenvalue weighted by Gasteiger charge is 2.12. The van der Waals surface area contributed by atoms with E-state index in [0.717, 1.165) is 0 Å². The molecule has 0 radical (unpaired) electrons. The fourth-order valence-corrected chi connectivity index (χ4v) is 3.27. The molecule has 0 saturated carbocycles. The van der Waals surface area contributed by atoms with Crippen LogP contribution in [0.4, 0.5) is 10.3 Å². The van der Waals surface area contributed by atoms with Gasteiger partial charge in [-0.2, -0.15) is 0 Å². The van der Waals surface area contributed by atoms with E-state index in [4.69, 9.17) is 4.42 Å². The van der Waals surface area contributed by atoms with Gasteiger partial charge in [0, 0.05) is 17.7 Å². The van der Waals surface area contributed by atoms with Crippen molar-refractivity contribution >= 4 is 44.8 Å². The Hall–Kier alpha value is -2.52. The fraction of sp³-hybridized carbons (Fsp3) is 0.143. The average Bonchev–Trinajstić information content (AvgIpc) is 3.19. The number of nitrogens with zero attached hydrogens (tertiary/aromatic N) is 2. The Morgan fingerprint density at radius 2 is 1.96 bits per heavy atom. The second kappa shape index (κ2) is 6.71. The third kappa shape index (κ3) is 4.02. The van der Waals surface area contributed by atoms with Gasteiger partial charge in [-0.3, -0.25) is 9.59 Å². The summed E-state index contributed by atoms with van der Waals surface area (Å²) in [6.45, 7) is 1.41. The molecule has 0 spiro atoms. The molecule has 7 nitrogen and oxygen atoms in total. The van der Waals surface area contributed by atoms with E-state index in [0.29, 0.717) is 27.4 Å². The molecule has 3 heterocycles. The molecule has 3 aromatic heterocycles. The quantitative estimate of drug-likeness (QED) is 0.739. The molecule has 0 aromatic carbocycles. The molecule has 0 fully saturated rings. The van der Waals surface area contributed by atoms with E-state index in [1.165, 1.54) is 29.6 Å². The third-order valence-corrected chi connectivity index (χ3v) is 4.26. The average molecular weight is 348 g/mol. The Morgan fingerprint density at radius 3 is 2.70 bits per heavy atom. The number of anilines is 2. The van der Waals surface area contributed by atoms with E-state index in [2.05, 4.69) is 20.6 Å². The van der Waals surface area contributed by atoms with Crippen LogP contribution in [0.15, 0.2) is 33.6 Å². The summed E-state index contributed by atoms with van der Waals surface area (Å²) in [5.74, 6) is 0.245. The molecule has 3 rings (SSSR count). The number of hydrogen-bond acceptors (Lipinski definition) is 7. The Bertz CT molecular complexity index is 823. The van der Waals surface area contributed by atoms with Crippen LogP contribution in [0, 0.1) is 0 Å². The van der Waals surface area contributed by atoms with Crippen LogP contribution in [0.5, 0.6) is 0 Å². The summed E-state index contributed by atoms with van der Waals surface area (Å²) in [5, 5.41) is 9.84. The summed E-state index contributed by atoms with van der Waals surface area (Å²) in [4.78, 5) is 31.4. The lowest BCUT2D eigenvalue weighted by Crippen LogP contribution is -2.14. The van der Waals surface area contributed by atoms with Crippen LogP contribution >= 0.6 is 22.7 Å². The van der Waals surface area contributed by atoms with Crippen LogP contribution in [0.2, 0.25) is 0 Å². The van der Waals surface area contributed by atoms with Gasteiger partial charge in [-0.15, -0.1) is 22.7 Å². The van der Waals surface area contributed by atoms with Crippen molar-refractivity contribution in [1.29, 1.82) is 0 Å². The van der Waals surface area contributed by atoms with Crippen molar-refractivity contribution in [3.05, 3.63) is 34.8 Å². The van der Waals surface area contributed by atoms with E-state index < -0.39 is 0 Å². The zero-order valence-corrected chi connectivity index (χ0v) is 13.7. The summed E-state index contributed by atoms with van der Waals surface area (Å²) >= 11 is 2.60. The van der Waals surface area contributed by atoms with Crippen LogP contribution in [-0.2, 0) is 16.0 Å². The molecule has 9 heteroatoms. The van der Waals surface area contributed by atoms with Crippen molar-refractivity contribution in [3.8, 4) is 11.5 Å². The zero-order valence-electron chi connectivity index (χ0n) is 12.0. The number of rotatable bonds is 5. The van der Waals surface area contributed by atoms with Gasteiger partial charge in [0.25, 0.3) is 0 Å². The maximum Gasteiger partial charge on any atom is 0.232 e. The Balaban J connectivity index is 1.59. The molecule has 0 atom stereocenters. The number of nitrogens with one attached hydrogen (secondary N) is 2. The van der Waals surface area contributed by atoms with Crippen molar-refractivity contribution in [3.63, 3.8) is 0 Å². The largest absolute Gasteiger partial charge is 0.463 e. The van der Waals surface area contributed by atoms with Gasteiger partial charge in [0.2, 0.25) is 11.8 Å². The number of furan rings is 1. The van der Waals surface area contributed by atoms with E-state index >= 15 is 0 Å². The maximum absolute atomic E-state index is 12.0. The number of amides is 2. The van der Waals surface area contributed by atoms with Crippen molar-refractivity contribution in [2.24, 2.45) is 0 Å². The summed E-state index contributed by atoms with van der Waals surface area (Å²) in [6.07, 6.45) is 1.69.